The van der Waals surface area contributed by atoms with E-state index >= 15 is 0 Å². The van der Waals surface area contributed by atoms with E-state index in [2.05, 4.69) is 44.6 Å². The molecule has 0 saturated heterocycles. The van der Waals surface area contributed by atoms with Gasteiger partial charge in [-0.25, -0.2) is 4.68 Å². The lowest BCUT2D eigenvalue weighted by Gasteiger charge is -2.16. The summed E-state index contributed by atoms with van der Waals surface area (Å²) in [6.07, 6.45) is 1.55. The monoisotopic (exact) mass is 305 g/mol. The molecule has 1 atom stereocenters. The van der Waals surface area contributed by atoms with E-state index in [1.165, 1.54) is 5.56 Å². The van der Waals surface area contributed by atoms with Gasteiger partial charge in [0, 0.05) is 6.04 Å². The molecule has 0 saturated carbocycles. The Balaban J connectivity index is 1.87. The number of anilines is 1. The van der Waals surface area contributed by atoms with E-state index in [4.69, 9.17) is 11.6 Å². The molecule has 0 fully saturated rings. The van der Waals surface area contributed by atoms with E-state index < -0.39 is 0 Å². The molecule has 1 unspecified atom stereocenters. The van der Waals surface area contributed by atoms with E-state index in [1.807, 2.05) is 18.2 Å². The first kappa shape index (κ1) is 13.1. The molecule has 20 heavy (non-hydrogen) atoms. The Kier molecular flexibility index (Phi) is 3.66. The number of tetrazole rings is 1. The van der Waals surface area contributed by atoms with E-state index in [0.717, 1.165) is 11.4 Å². The number of rotatable bonds is 4. The van der Waals surface area contributed by atoms with Crippen molar-refractivity contribution in [1.82, 2.24) is 20.2 Å². The zero-order valence-electron chi connectivity index (χ0n) is 10.7. The lowest BCUT2D eigenvalue weighted by molar-refractivity contribution is 0.788. The van der Waals surface area contributed by atoms with Crippen LogP contribution in [0.2, 0.25) is 5.02 Å². The molecule has 0 aliphatic carbocycles. The minimum atomic E-state index is 0.183. The van der Waals surface area contributed by atoms with Crippen LogP contribution in [-0.4, -0.2) is 20.2 Å². The molecule has 0 aliphatic rings. The highest BCUT2D eigenvalue weighted by Crippen LogP contribution is 2.28. The summed E-state index contributed by atoms with van der Waals surface area (Å²) in [4.78, 5) is 0. The number of hydrogen-bond acceptors (Lipinski definition) is 5. The van der Waals surface area contributed by atoms with Gasteiger partial charge in [-0.05, 0) is 57.9 Å². The van der Waals surface area contributed by atoms with Crippen molar-refractivity contribution in [3.63, 3.8) is 0 Å². The number of nitrogens with zero attached hydrogens (tertiary/aromatic N) is 4. The molecule has 5 nitrogen and oxygen atoms in total. The fraction of sp³-hybridized carbons (Fsp3) is 0.154. The van der Waals surface area contributed by atoms with Crippen LogP contribution >= 0.6 is 22.9 Å². The van der Waals surface area contributed by atoms with Gasteiger partial charge in [-0.15, -0.1) is 5.10 Å². The summed E-state index contributed by atoms with van der Waals surface area (Å²) in [6.45, 7) is 2.10. The van der Waals surface area contributed by atoms with E-state index in [0.29, 0.717) is 5.02 Å². The Hall–Kier alpha value is -1.92. The molecular weight excluding hydrogens is 294 g/mol. The highest BCUT2D eigenvalue weighted by atomic mass is 35.5. The van der Waals surface area contributed by atoms with E-state index in [1.54, 1.807) is 22.3 Å². The van der Waals surface area contributed by atoms with Gasteiger partial charge in [0.25, 0.3) is 0 Å². The second-order valence-electron chi connectivity index (χ2n) is 4.34. The average Bonchev–Trinajstić information content (AvgIpc) is 3.14. The van der Waals surface area contributed by atoms with Crippen molar-refractivity contribution < 1.29 is 0 Å². The van der Waals surface area contributed by atoms with Gasteiger partial charge in [-0.1, -0.05) is 11.6 Å². The molecule has 3 aromatic rings. The topological polar surface area (TPSA) is 55.6 Å². The Morgan fingerprint density at radius 1 is 1.35 bits per heavy atom. The molecule has 0 radical (unpaired) electrons. The highest BCUT2D eigenvalue weighted by molar-refractivity contribution is 7.08. The zero-order valence-corrected chi connectivity index (χ0v) is 12.3. The maximum Gasteiger partial charge on any atom is 0.143 e. The quantitative estimate of drug-likeness (QED) is 0.801. The van der Waals surface area contributed by atoms with E-state index in [-0.39, 0.29) is 6.04 Å². The molecule has 0 spiro atoms. The third-order valence-corrected chi connectivity index (χ3v) is 4.01. The number of halogens is 1. The van der Waals surface area contributed by atoms with Crippen molar-refractivity contribution in [3.8, 4) is 5.69 Å². The Morgan fingerprint density at radius 2 is 2.25 bits per heavy atom. The largest absolute Gasteiger partial charge is 0.377 e. The summed E-state index contributed by atoms with van der Waals surface area (Å²) < 4.78 is 1.59. The third kappa shape index (κ3) is 2.66. The molecule has 7 heteroatoms. The van der Waals surface area contributed by atoms with Gasteiger partial charge in [0.05, 0.1) is 16.4 Å². The summed E-state index contributed by atoms with van der Waals surface area (Å²) in [5.74, 6) is 0. The molecule has 102 valence electrons. The van der Waals surface area contributed by atoms with Gasteiger partial charge in [0.15, 0.2) is 0 Å². The van der Waals surface area contributed by atoms with Gasteiger partial charge < -0.3 is 5.32 Å². The molecule has 2 heterocycles. The van der Waals surface area contributed by atoms with Crippen LogP contribution in [0.3, 0.4) is 0 Å². The summed E-state index contributed by atoms with van der Waals surface area (Å²) in [7, 11) is 0. The van der Waals surface area contributed by atoms with Crippen LogP contribution in [-0.2, 0) is 0 Å². The van der Waals surface area contributed by atoms with Crippen LogP contribution in [0.15, 0.2) is 41.4 Å². The SMILES string of the molecule is CC(Nc1cc(-n2cnnn2)ccc1Cl)c1ccsc1. The fourth-order valence-electron chi connectivity index (χ4n) is 1.88. The Bertz CT molecular complexity index is 681. The molecule has 0 amide bonds. The van der Waals surface area contributed by atoms with Gasteiger partial charge in [-0.2, -0.15) is 11.3 Å². The molecule has 0 aliphatic heterocycles. The molecule has 2 aromatic heterocycles. The van der Waals surface area contributed by atoms with Crippen molar-refractivity contribution in [3.05, 3.63) is 51.9 Å². The van der Waals surface area contributed by atoms with Crippen LogP contribution in [0.25, 0.3) is 5.69 Å². The molecular formula is C13H12ClN5S. The summed E-state index contributed by atoms with van der Waals surface area (Å²) in [5.41, 5.74) is 2.96. The Morgan fingerprint density at radius 3 is 2.95 bits per heavy atom. The predicted octanol–water partition coefficient (Wildman–Crippen LogP) is 3.55. The van der Waals surface area contributed by atoms with Crippen LogP contribution in [0.4, 0.5) is 5.69 Å². The maximum absolute atomic E-state index is 6.24. The fourth-order valence-corrected chi connectivity index (χ4v) is 2.81. The summed E-state index contributed by atoms with van der Waals surface area (Å²) in [5, 5.41) is 19.4. The number of nitrogens with one attached hydrogen (secondary N) is 1. The number of benzene rings is 1. The summed E-state index contributed by atoms with van der Waals surface area (Å²) in [6, 6.07) is 7.92. The molecule has 1 aromatic carbocycles. The number of thiophene rings is 1. The van der Waals surface area contributed by atoms with Gasteiger partial charge in [-0.3, -0.25) is 0 Å². The maximum atomic E-state index is 6.24. The lowest BCUT2D eigenvalue weighted by atomic mass is 10.1. The summed E-state index contributed by atoms with van der Waals surface area (Å²) >= 11 is 7.92. The number of hydrogen-bond donors (Lipinski definition) is 1. The molecule has 1 N–H and O–H groups in total. The van der Waals surface area contributed by atoms with Crippen LogP contribution < -0.4 is 5.32 Å². The van der Waals surface area contributed by atoms with Gasteiger partial charge in [0.2, 0.25) is 0 Å². The normalized spacial score (nSPS) is 12.3. The average molecular weight is 306 g/mol. The van der Waals surface area contributed by atoms with Crippen molar-refractivity contribution in [2.75, 3.05) is 5.32 Å². The van der Waals surface area contributed by atoms with Crippen LogP contribution in [0.5, 0.6) is 0 Å². The van der Waals surface area contributed by atoms with Gasteiger partial charge in [0.1, 0.15) is 6.33 Å². The van der Waals surface area contributed by atoms with E-state index in [9.17, 15) is 0 Å². The first-order valence-corrected chi connectivity index (χ1v) is 7.37. The molecule has 3 rings (SSSR count). The molecule has 0 bridgehead atoms. The van der Waals surface area contributed by atoms with Crippen molar-refractivity contribution in [2.45, 2.75) is 13.0 Å². The minimum Gasteiger partial charge on any atom is -0.377 e. The first-order chi connectivity index (χ1) is 9.74. The number of aromatic nitrogens is 4. The van der Waals surface area contributed by atoms with Crippen molar-refractivity contribution >= 4 is 28.6 Å². The lowest BCUT2D eigenvalue weighted by Crippen LogP contribution is -2.06. The van der Waals surface area contributed by atoms with Gasteiger partial charge >= 0.3 is 0 Å². The van der Waals surface area contributed by atoms with Crippen LogP contribution in [0, 0.1) is 0 Å². The van der Waals surface area contributed by atoms with Crippen LogP contribution in [0.1, 0.15) is 18.5 Å². The second-order valence-corrected chi connectivity index (χ2v) is 5.53. The second kappa shape index (κ2) is 5.60. The smallest absolute Gasteiger partial charge is 0.143 e. The third-order valence-electron chi connectivity index (χ3n) is 2.98. The highest BCUT2D eigenvalue weighted by Gasteiger charge is 2.09. The first-order valence-electron chi connectivity index (χ1n) is 6.05. The van der Waals surface area contributed by atoms with Crippen molar-refractivity contribution in [2.24, 2.45) is 0 Å². The standard InChI is InChI=1S/C13H12ClN5S/c1-9(10-4-5-20-7-10)16-13-6-11(2-3-12(13)14)19-8-15-17-18-19/h2-9,16H,1H3. The Labute approximate surface area is 125 Å². The zero-order chi connectivity index (χ0) is 13.9. The van der Waals surface area contributed by atoms with Crippen molar-refractivity contribution in [1.29, 1.82) is 0 Å². The minimum absolute atomic E-state index is 0.183. The predicted molar refractivity (Wildman–Crippen MR) is 80.5 cm³/mol.